The summed E-state index contributed by atoms with van der Waals surface area (Å²) in [7, 11) is 0. The molecule has 0 amide bonds. The normalized spacial score (nSPS) is 30.2. The highest BCUT2D eigenvalue weighted by Gasteiger charge is 2.56. The van der Waals surface area contributed by atoms with Gasteiger partial charge in [0.15, 0.2) is 0 Å². The van der Waals surface area contributed by atoms with E-state index in [1.807, 2.05) is 18.2 Å². The average Bonchev–Trinajstić information content (AvgIpc) is 3.22. The Hall–Kier alpha value is -2.71. The van der Waals surface area contributed by atoms with Gasteiger partial charge in [0.05, 0.1) is 0 Å². The quantitative estimate of drug-likeness (QED) is 0.726. The highest BCUT2D eigenvalue weighted by molar-refractivity contribution is 5.75. The number of amidine groups is 1. The zero-order valence-corrected chi connectivity index (χ0v) is 17.9. The number of ether oxygens (including phenoxy) is 3. The largest absolute Gasteiger partial charge is 0.490 e. The smallest absolute Gasteiger partial charge is 0.283 e. The first-order valence-corrected chi connectivity index (χ1v) is 11.4. The van der Waals surface area contributed by atoms with Crippen molar-refractivity contribution in [2.24, 2.45) is 16.6 Å². The van der Waals surface area contributed by atoms with Crippen LogP contribution in [0.3, 0.4) is 0 Å². The number of hydrogen-bond donors (Lipinski definition) is 1. The van der Waals surface area contributed by atoms with Crippen LogP contribution in [0, 0.1) is 11.9 Å². The predicted molar refractivity (Wildman–Crippen MR) is 117 cm³/mol. The Kier molecular flexibility index (Phi) is 4.80. The second kappa shape index (κ2) is 7.71. The van der Waals surface area contributed by atoms with Gasteiger partial charge in [-0.2, -0.15) is 4.39 Å². The van der Waals surface area contributed by atoms with Crippen molar-refractivity contribution in [3.05, 3.63) is 48.0 Å². The molecule has 8 heteroatoms. The molecule has 0 bridgehead atoms. The summed E-state index contributed by atoms with van der Waals surface area (Å²) in [5.74, 6) is 0.382. The standard InChI is InChI=1S/C24H27FN4O3/c25-22-17(2-1-8-27-22)15-3-4-20-18(12-15)24(14-31-23(26)28-24)19-13-29(9-5-21(19)32-20)16-6-10-30-11-7-16/h1-4,8,12,16,19,21H,5-7,9-11,13-14H2,(H2,26,28). The van der Waals surface area contributed by atoms with Crippen LogP contribution in [0.25, 0.3) is 11.1 Å². The molecule has 5 heterocycles. The Labute approximate surface area is 186 Å². The minimum absolute atomic E-state index is 0.0396. The van der Waals surface area contributed by atoms with Gasteiger partial charge in [0.2, 0.25) is 5.95 Å². The fraction of sp³-hybridized carbons (Fsp3) is 0.500. The van der Waals surface area contributed by atoms with E-state index in [-0.39, 0.29) is 18.0 Å². The summed E-state index contributed by atoms with van der Waals surface area (Å²) in [6.07, 6.45) is 4.52. The molecule has 2 saturated heterocycles. The van der Waals surface area contributed by atoms with Crippen LogP contribution >= 0.6 is 0 Å². The van der Waals surface area contributed by atoms with E-state index in [0.29, 0.717) is 18.2 Å². The van der Waals surface area contributed by atoms with Gasteiger partial charge in [-0.05, 0) is 49.1 Å². The molecule has 1 aromatic heterocycles. The first kappa shape index (κ1) is 19.9. The molecule has 7 nitrogen and oxygen atoms in total. The first-order chi connectivity index (χ1) is 15.6. The SMILES string of the molecule is NC1=NC2(CO1)c1cc(-c3cccnc3F)ccc1OC1CCN(C3CCOCC3)CC12. The van der Waals surface area contributed by atoms with Crippen molar-refractivity contribution in [2.75, 3.05) is 32.9 Å². The second-order valence-electron chi connectivity index (χ2n) is 9.11. The number of pyridine rings is 1. The van der Waals surface area contributed by atoms with Crippen LogP contribution in [0.5, 0.6) is 5.75 Å². The van der Waals surface area contributed by atoms with Gasteiger partial charge in [-0.25, -0.2) is 9.98 Å². The average molecular weight is 439 g/mol. The van der Waals surface area contributed by atoms with Gasteiger partial charge in [-0.15, -0.1) is 0 Å². The number of nitrogens with zero attached hydrogens (tertiary/aromatic N) is 3. The number of rotatable bonds is 2. The molecule has 6 rings (SSSR count). The lowest BCUT2D eigenvalue weighted by Gasteiger charge is -2.50. The molecule has 2 aromatic rings. The van der Waals surface area contributed by atoms with Gasteiger partial charge in [-0.3, -0.25) is 4.90 Å². The summed E-state index contributed by atoms with van der Waals surface area (Å²) in [5.41, 5.74) is 7.53. The van der Waals surface area contributed by atoms with E-state index in [1.54, 1.807) is 12.1 Å². The van der Waals surface area contributed by atoms with Crippen LogP contribution in [0.2, 0.25) is 0 Å². The highest BCUT2D eigenvalue weighted by Crippen LogP contribution is 2.51. The third-order valence-electron chi connectivity index (χ3n) is 7.45. The maximum atomic E-state index is 14.4. The molecule has 1 aromatic carbocycles. The molecule has 4 aliphatic heterocycles. The number of hydrogen-bond acceptors (Lipinski definition) is 7. The number of piperidine rings is 1. The molecule has 2 fully saturated rings. The third-order valence-corrected chi connectivity index (χ3v) is 7.45. The van der Waals surface area contributed by atoms with E-state index in [1.165, 1.54) is 6.20 Å². The van der Waals surface area contributed by atoms with E-state index < -0.39 is 11.5 Å². The van der Waals surface area contributed by atoms with E-state index in [9.17, 15) is 4.39 Å². The molecule has 32 heavy (non-hydrogen) atoms. The number of benzene rings is 1. The number of halogens is 1. The van der Waals surface area contributed by atoms with Crippen LogP contribution in [-0.2, 0) is 15.0 Å². The monoisotopic (exact) mass is 438 g/mol. The summed E-state index contributed by atoms with van der Waals surface area (Å²) in [5, 5.41) is 0. The zero-order chi connectivity index (χ0) is 21.7. The third kappa shape index (κ3) is 3.16. The van der Waals surface area contributed by atoms with Crippen molar-refractivity contribution in [3.63, 3.8) is 0 Å². The fourth-order valence-electron chi connectivity index (χ4n) is 5.81. The van der Waals surface area contributed by atoms with Crippen LogP contribution in [-0.4, -0.2) is 61.0 Å². The van der Waals surface area contributed by atoms with Gasteiger partial charge in [-0.1, -0.05) is 6.07 Å². The van der Waals surface area contributed by atoms with Crippen LogP contribution in [0.4, 0.5) is 4.39 Å². The summed E-state index contributed by atoms with van der Waals surface area (Å²) in [4.78, 5) is 11.2. The Balaban J connectivity index is 1.41. The van der Waals surface area contributed by atoms with Gasteiger partial charge < -0.3 is 19.9 Å². The Morgan fingerprint density at radius 3 is 2.81 bits per heavy atom. The summed E-state index contributed by atoms with van der Waals surface area (Å²) < 4.78 is 32.2. The molecule has 1 spiro atoms. The molecular weight excluding hydrogens is 411 g/mol. The topological polar surface area (TPSA) is 82.2 Å². The first-order valence-electron chi connectivity index (χ1n) is 11.4. The van der Waals surface area contributed by atoms with Gasteiger partial charge >= 0.3 is 0 Å². The molecule has 0 saturated carbocycles. The Morgan fingerprint density at radius 1 is 1.16 bits per heavy atom. The summed E-state index contributed by atoms with van der Waals surface area (Å²) in [6.45, 7) is 3.86. The van der Waals surface area contributed by atoms with Crippen molar-refractivity contribution < 1.29 is 18.6 Å². The van der Waals surface area contributed by atoms with Crippen molar-refractivity contribution in [2.45, 2.75) is 36.9 Å². The van der Waals surface area contributed by atoms with E-state index >= 15 is 0 Å². The van der Waals surface area contributed by atoms with Crippen molar-refractivity contribution >= 4 is 6.02 Å². The predicted octanol–water partition coefficient (Wildman–Crippen LogP) is 2.69. The zero-order valence-electron chi connectivity index (χ0n) is 17.9. The molecule has 2 N–H and O–H groups in total. The number of aliphatic imine (C=N–C) groups is 1. The van der Waals surface area contributed by atoms with Crippen LogP contribution in [0.15, 0.2) is 41.5 Å². The molecule has 0 radical (unpaired) electrons. The highest BCUT2D eigenvalue weighted by atomic mass is 19.1. The van der Waals surface area contributed by atoms with Crippen molar-refractivity contribution in [3.8, 4) is 16.9 Å². The second-order valence-corrected chi connectivity index (χ2v) is 9.11. The summed E-state index contributed by atoms with van der Waals surface area (Å²) in [6, 6.07) is 9.98. The van der Waals surface area contributed by atoms with Gasteiger partial charge in [0.1, 0.15) is 24.0 Å². The molecule has 0 aliphatic carbocycles. The van der Waals surface area contributed by atoms with Crippen LogP contribution in [0.1, 0.15) is 24.8 Å². The molecule has 168 valence electrons. The number of likely N-dealkylation sites (tertiary alicyclic amines) is 1. The number of aromatic nitrogens is 1. The number of nitrogens with two attached hydrogens (primary N) is 1. The Bertz CT molecular complexity index is 1060. The van der Waals surface area contributed by atoms with Crippen LogP contribution < -0.4 is 10.5 Å². The van der Waals surface area contributed by atoms with Gasteiger partial charge in [0, 0.05) is 55.6 Å². The maximum Gasteiger partial charge on any atom is 0.283 e. The molecule has 3 atom stereocenters. The summed E-state index contributed by atoms with van der Waals surface area (Å²) >= 11 is 0. The van der Waals surface area contributed by atoms with Gasteiger partial charge in [0.25, 0.3) is 6.02 Å². The van der Waals surface area contributed by atoms with Crippen molar-refractivity contribution in [1.29, 1.82) is 0 Å². The minimum atomic E-state index is -0.638. The fourth-order valence-corrected chi connectivity index (χ4v) is 5.81. The minimum Gasteiger partial charge on any atom is -0.490 e. The maximum absolute atomic E-state index is 14.4. The lowest BCUT2D eigenvalue weighted by molar-refractivity contribution is -0.0521. The molecule has 3 unspecified atom stereocenters. The van der Waals surface area contributed by atoms with E-state index in [0.717, 1.165) is 62.4 Å². The molecule has 4 aliphatic rings. The lowest BCUT2D eigenvalue weighted by Crippen LogP contribution is -2.59. The molecular formula is C24H27FN4O3. The van der Waals surface area contributed by atoms with E-state index in [2.05, 4.69) is 9.88 Å². The van der Waals surface area contributed by atoms with E-state index in [4.69, 9.17) is 24.9 Å². The lowest BCUT2D eigenvalue weighted by atomic mass is 9.70. The Morgan fingerprint density at radius 2 is 2.03 bits per heavy atom. The number of fused-ring (bicyclic) bond motifs is 4. The van der Waals surface area contributed by atoms with Crippen molar-refractivity contribution in [1.82, 2.24) is 9.88 Å².